The van der Waals surface area contributed by atoms with Gasteiger partial charge in [0.25, 0.3) is 0 Å². The highest BCUT2D eigenvalue weighted by atomic mass is 127. The second-order valence-electron chi connectivity index (χ2n) is 6.85. The maximum absolute atomic E-state index is 12.2. The summed E-state index contributed by atoms with van der Waals surface area (Å²) >= 11 is 0. The molecule has 1 fully saturated rings. The molecule has 0 spiro atoms. The molecule has 1 aliphatic rings. The number of nitrogens with one attached hydrogen (secondary N) is 3. The molecule has 0 unspecified atom stereocenters. The predicted molar refractivity (Wildman–Crippen MR) is 118 cm³/mol. The topological polar surface area (TPSA) is 82.6 Å². The molecule has 1 aliphatic carbocycles. The van der Waals surface area contributed by atoms with Crippen molar-refractivity contribution in [2.24, 2.45) is 4.99 Å². The summed E-state index contributed by atoms with van der Waals surface area (Å²) in [6.45, 7) is 4.19. The number of sulfonamides is 1. The van der Waals surface area contributed by atoms with Gasteiger partial charge in [-0.2, -0.15) is 0 Å². The SMILES string of the molecule is CN=C(NCc1ccccc1CS(=O)(=O)NC(C)C)NC1CCCC1.I. The number of halogens is 1. The molecule has 1 aromatic carbocycles. The second-order valence-corrected chi connectivity index (χ2v) is 8.61. The Labute approximate surface area is 174 Å². The molecule has 0 atom stereocenters. The Morgan fingerprint density at radius 3 is 2.38 bits per heavy atom. The summed E-state index contributed by atoms with van der Waals surface area (Å²) in [4.78, 5) is 4.27. The van der Waals surface area contributed by atoms with Crippen molar-refractivity contribution in [2.75, 3.05) is 7.05 Å². The lowest BCUT2D eigenvalue weighted by Gasteiger charge is -2.18. The number of hydrogen-bond donors (Lipinski definition) is 3. The fraction of sp³-hybridized carbons (Fsp3) is 0.611. The van der Waals surface area contributed by atoms with Crippen molar-refractivity contribution in [1.29, 1.82) is 0 Å². The van der Waals surface area contributed by atoms with Crippen LogP contribution in [0.15, 0.2) is 29.3 Å². The van der Waals surface area contributed by atoms with E-state index in [-0.39, 0.29) is 35.8 Å². The first kappa shape index (κ1) is 23.2. The third-order valence-corrected chi connectivity index (χ3v) is 5.77. The molecule has 148 valence electrons. The van der Waals surface area contributed by atoms with E-state index >= 15 is 0 Å². The molecule has 0 amide bonds. The average Bonchev–Trinajstić information content (AvgIpc) is 3.04. The first-order chi connectivity index (χ1) is 11.9. The highest BCUT2D eigenvalue weighted by Gasteiger charge is 2.17. The summed E-state index contributed by atoms with van der Waals surface area (Å²) in [7, 11) is -1.59. The maximum atomic E-state index is 12.2. The molecule has 1 aromatic rings. The smallest absolute Gasteiger partial charge is 0.216 e. The molecule has 0 aliphatic heterocycles. The molecule has 1 saturated carbocycles. The normalized spacial score (nSPS) is 15.8. The van der Waals surface area contributed by atoms with Crippen molar-refractivity contribution >= 4 is 40.0 Å². The summed E-state index contributed by atoms with van der Waals surface area (Å²) in [5.74, 6) is 0.752. The Hall–Kier alpha value is -0.870. The minimum absolute atomic E-state index is 0. The lowest BCUT2D eigenvalue weighted by atomic mass is 10.1. The fourth-order valence-corrected chi connectivity index (χ4v) is 4.61. The van der Waals surface area contributed by atoms with Crippen LogP contribution in [0.4, 0.5) is 0 Å². The highest BCUT2D eigenvalue weighted by molar-refractivity contribution is 14.0. The zero-order valence-corrected chi connectivity index (χ0v) is 18.9. The lowest BCUT2D eigenvalue weighted by molar-refractivity contribution is 0.568. The molecule has 0 heterocycles. The van der Waals surface area contributed by atoms with E-state index in [2.05, 4.69) is 20.3 Å². The van der Waals surface area contributed by atoms with Gasteiger partial charge in [-0.15, -0.1) is 24.0 Å². The van der Waals surface area contributed by atoms with Gasteiger partial charge in [0.15, 0.2) is 5.96 Å². The van der Waals surface area contributed by atoms with Crippen LogP contribution >= 0.6 is 24.0 Å². The molecule has 0 saturated heterocycles. The van der Waals surface area contributed by atoms with Gasteiger partial charge in [-0.1, -0.05) is 37.1 Å². The summed E-state index contributed by atoms with van der Waals surface area (Å²) in [5.41, 5.74) is 1.77. The quantitative estimate of drug-likeness (QED) is 0.309. The third-order valence-electron chi connectivity index (χ3n) is 4.25. The highest BCUT2D eigenvalue weighted by Crippen LogP contribution is 2.17. The van der Waals surface area contributed by atoms with E-state index in [1.807, 2.05) is 38.1 Å². The van der Waals surface area contributed by atoms with Gasteiger partial charge in [-0.25, -0.2) is 13.1 Å². The molecule has 26 heavy (non-hydrogen) atoms. The standard InChI is InChI=1S/C18H30N4O2S.HI/c1-14(2)22-25(23,24)13-16-9-5-4-8-15(16)12-20-18(19-3)21-17-10-6-7-11-17;/h4-5,8-9,14,17,22H,6-7,10-13H2,1-3H3,(H2,19,20,21);1H. The van der Waals surface area contributed by atoms with E-state index in [9.17, 15) is 8.42 Å². The number of guanidine groups is 1. The Bertz CT molecular complexity index is 686. The summed E-state index contributed by atoms with van der Waals surface area (Å²) < 4.78 is 27.1. The number of benzene rings is 1. The van der Waals surface area contributed by atoms with Crippen molar-refractivity contribution in [3.8, 4) is 0 Å². The minimum atomic E-state index is -3.34. The number of rotatable bonds is 7. The van der Waals surface area contributed by atoms with Crippen LogP contribution in [0.5, 0.6) is 0 Å². The van der Waals surface area contributed by atoms with Crippen LogP contribution in [0.1, 0.15) is 50.7 Å². The van der Waals surface area contributed by atoms with Crippen LogP contribution in [-0.4, -0.2) is 33.5 Å². The lowest BCUT2D eigenvalue weighted by Crippen LogP contribution is -2.42. The summed E-state index contributed by atoms with van der Waals surface area (Å²) in [5, 5.41) is 6.74. The molecule has 8 heteroatoms. The van der Waals surface area contributed by atoms with Crippen LogP contribution in [-0.2, 0) is 22.3 Å². The second kappa shape index (κ2) is 11.1. The van der Waals surface area contributed by atoms with Crippen molar-refractivity contribution in [1.82, 2.24) is 15.4 Å². The van der Waals surface area contributed by atoms with E-state index in [4.69, 9.17) is 0 Å². The van der Waals surface area contributed by atoms with Gasteiger partial charge in [0.2, 0.25) is 10.0 Å². The van der Waals surface area contributed by atoms with Crippen LogP contribution < -0.4 is 15.4 Å². The molecule has 6 nitrogen and oxygen atoms in total. The third kappa shape index (κ3) is 7.79. The fourth-order valence-electron chi connectivity index (χ4n) is 3.11. The van der Waals surface area contributed by atoms with Gasteiger partial charge >= 0.3 is 0 Å². The summed E-state index contributed by atoms with van der Waals surface area (Å²) in [6, 6.07) is 7.99. The van der Waals surface area contributed by atoms with Gasteiger partial charge < -0.3 is 10.6 Å². The van der Waals surface area contributed by atoms with Crippen LogP contribution in [0.2, 0.25) is 0 Å². The van der Waals surface area contributed by atoms with Crippen LogP contribution in [0.25, 0.3) is 0 Å². The molecular formula is C18H31IN4O2S. The zero-order chi connectivity index (χ0) is 18.3. The molecule has 0 radical (unpaired) electrons. The van der Waals surface area contributed by atoms with Crippen molar-refractivity contribution in [3.05, 3.63) is 35.4 Å². The Morgan fingerprint density at radius 2 is 1.81 bits per heavy atom. The van der Waals surface area contributed by atoms with Gasteiger partial charge in [-0.3, -0.25) is 4.99 Å². The van der Waals surface area contributed by atoms with Crippen molar-refractivity contribution in [3.63, 3.8) is 0 Å². The zero-order valence-electron chi connectivity index (χ0n) is 15.8. The van der Waals surface area contributed by atoms with E-state index in [1.165, 1.54) is 25.7 Å². The Balaban J connectivity index is 0.00000338. The molecule has 0 bridgehead atoms. The number of hydrogen-bond acceptors (Lipinski definition) is 3. The Morgan fingerprint density at radius 1 is 1.19 bits per heavy atom. The van der Waals surface area contributed by atoms with E-state index in [0.717, 1.165) is 17.1 Å². The Kier molecular flexibility index (Phi) is 9.88. The first-order valence-electron chi connectivity index (χ1n) is 8.93. The molecule has 0 aromatic heterocycles. The number of aliphatic imine (C=N–C) groups is 1. The van der Waals surface area contributed by atoms with Gasteiger partial charge in [0.05, 0.1) is 5.75 Å². The van der Waals surface area contributed by atoms with Gasteiger partial charge in [0.1, 0.15) is 0 Å². The number of nitrogens with zero attached hydrogens (tertiary/aromatic N) is 1. The van der Waals surface area contributed by atoms with E-state index in [0.29, 0.717) is 12.6 Å². The summed E-state index contributed by atoms with van der Waals surface area (Å²) in [6.07, 6.45) is 4.88. The first-order valence-corrected chi connectivity index (χ1v) is 10.6. The van der Waals surface area contributed by atoms with E-state index in [1.54, 1.807) is 7.05 Å². The average molecular weight is 494 g/mol. The van der Waals surface area contributed by atoms with Crippen molar-refractivity contribution in [2.45, 2.75) is 63.9 Å². The van der Waals surface area contributed by atoms with Crippen molar-refractivity contribution < 1.29 is 8.42 Å². The van der Waals surface area contributed by atoms with E-state index < -0.39 is 10.0 Å². The largest absolute Gasteiger partial charge is 0.354 e. The van der Waals surface area contributed by atoms with Crippen LogP contribution in [0.3, 0.4) is 0 Å². The van der Waals surface area contributed by atoms with Gasteiger partial charge in [-0.05, 0) is 37.8 Å². The predicted octanol–water partition coefficient (Wildman–Crippen LogP) is 2.74. The van der Waals surface area contributed by atoms with Crippen LogP contribution in [0, 0.1) is 0 Å². The monoisotopic (exact) mass is 494 g/mol. The molecule has 2 rings (SSSR count). The minimum Gasteiger partial charge on any atom is -0.354 e. The van der Waals surface area contributed by atoms with Gasteiger partial charge in [0, 0.05) is 25.7 Å². The molecular weight excluding hydrogens is 463 g/mol. The maximum Gasteiger partial charge on any atom is 0.216 e. The molecule has 3 N–H and O–H groups in total.